The number of quaternary nitrogens is 1. The van der Waals surface area contributed by atoms with Crippen molar-refractivity contribution in [2.75, 3.05) is 31.6 Å². The molecule has 0 bridgehead atoms. The number of carbonyl (C=O) groups is 5. The number of thioether (sulfide) groups is 1. The first-order chi connectivity index (χ1) is 21.3. The number of rotatable bonds is 10. The van der Waals surface area contributed by atoms with E-state index in [4.69, 9.17) is 20.0 Å². The Morgan fingerprint density at radius 3 is 2.51 bits per heavy atom. The lowest BCUT2D eigenvalue weighted by molar-refractivity contribution is -0.920. The number of nitrogens with one attached hydrogen (secondary N) is 1. The molecule has 0 spiro atoms. The number of aromatic nitrogens is 1. The monoisotopic (exact) mass is 658 g/mol. The van der Waals surface area contributed by atoms with Crippen molar-refractivity contribution in [3.8, 4) is 11.5 Å². The van der Waals surface area contributed by atoms with Crippen molar-refractivity contribution >= 4 is 64.2 Å². The fourth-order valence-electron chi connectivity index (χ4n) is 5.53. The Balaban J connectivity index is 1.26. The molecule has 3 aliphatic rings. The number of β-lactam (4-membered cyclic amide) rings is 1. The molecular weight excluding hydrogens is 628 g/mol. The van der Waals surface area contributed by atoms with Gasteiger partial charge in [0.05, 0.1) is 31.0 Å². The summed E-state index contributed by atoms with van der Waals surface area (Å²) in [4.78, 5) is 71.3. The summed E-state index contributed by atoms with van der Waals surface area (Å²) in [5.41, 5.74) is 8.24. The van der Waals surface area contributed by atoms with Crippen molar-refractivity contribution in [2.24, 2.45) is 5.16 Å². The van der Waals surface area contributed by atoms with Crippen molar-refractivity contribution in [3.63, 3.8) is 0 Å². The maximum Gasteiger partial charge on any atom is 0.308 e. The smallest absolute Gasteiger partial charge is 0.308 e. The van der Waals surface area contributed by atoms with E-state index in [1.165, 1.54) is 36.9 Å². The van der Waals surface area contributed by atoms with Crippen molar-refractivity contribution in [1.29, 1.82) is 0 Å². The fraction of sp³-hybridized carbons (Fsp3) is 0.393. The molecule has 0 saturated carbocycles. The van der Waals surface area contributed by atoms with Crippen LogP contribution in [0.1, 0.15) is 30.7 Å². The minimum Gasteiger partial charge on any atom is -0.543 e. The Labute approximate surface area is 265 Å². The number of carboxylic acids is 1. The van der Waals surface area contributed by atoms with E-state index in [9.17, 15) is 29.1 Å². The number of aliphatic carboxylic acids is 1. The van der Waals surface area contributed by atoms with Gasteiger partial charge in [-0.25, -0.2) is 4.98 Å². The number of benzene rings is 1. The number of thiazole rings is 1. The zero-order chi connectivity index (χ0) is 32.5. The van der Waals surface area contributed by atoms with E-state index >= 15 is 0 Å². The number of esters is 2. The van der Waals surface area contributed by atoms with E-state index in [0.717, 1.165) is 22.2 Å². The molecule has 45 heavy (non-hydrogen) atoms. The van der Waals surface area contributed by atoms with Crippen LogP contribution in [0.4, 0.5) is 5.13 Å². The normalized spacial score (nSPS) is 22.3. The maximum atomic E-state index is 13.1. The summed E-state index contributed by atoms with van der Waals surface area (Å²) in [7, 11) is 1.97. The van der Waals surface area contributed by atoms with Crippen LogP contribution >= 0.6 is 23.1 Å². The quantitative estimate of drug-likeness (QED) is 0.0843. The third-order valence-corrected chi connectivity index (χ3v) is 9.45. The van der Waals surface area contributed by atoms with Crippen LogP contribution in [0, 0.1) is 0 Å². The van der Waals surface area contributed by atoms with Gasteiger partial charge >= 0.3 is 11.9 Å². The largest absolute Gasteiger partial charge is 0.543 e. The molecule has 2 amide bonds. The summed E-state index contributed by atoms with van der Waals surface area (Å²) < 4.78 is 10.9. The second kappa shape index (κ2) is 12.9. The number of nitrogens with two attached hydrogens (primary N) is 1. The number of fused-ring (bicyclic) bond motifs is 2. The van der Waals surface area contributed by atoms with E-state index in [0.29, 0.717) is 52.7 Å². The molecule has 2 unspecified atom stereocenters. The van der Waals surface area contributed by atoms with Crippen molar-refractivity contribution in [1.82, 2.24) is 15.2 Å². The van der Waals surface area contributed by atoms with Crippen LogP contribution in [0.5, 0.6) is 11.5 Å². The van der Waals surface area contributed by atoms with Crippen LogP contribution in [0.15, 0.2) is 33.9 Å². The second-order valence-electron chi connectivity index (χ2n) is 11.0. The van der Waals surface area contributed by atoms with E-state index in [1.807, 2.05) is 7.05 Å². The minimum absolute atomic E-state index is 0.0142. The number of carboxylic acid groups (broad SMARTS) is 1. The Morgan fingerprint density at radius 2 is 1.89 bits per heavy atom. The van der Waals surface area contributed by atoms with Crippen LogP contribution in [0.2, 0.25) is 0 Å². The molecule has 3 N–H and O–H groups in total. The Hall–Kier alpha value is -4.48. The lowest BCUT2D eigenvalue weighted by Crippen LogP contribution is -2.71. The lowest BCUT2D eigenvalue weighted by Gasteiger charge is -2.51. The van der Waals surface area contributed by atoms with E-state index in [1.54, 1.807) is 17.5 Å². The molecular formula is C28H30N6O9S2. The Kier molecular flexibility index (Phi) is 9.13. The van der Waals surface area contributed by atoms with Crippen LogP contribution in [0.3, 0.4) is 0 Å². The van der Waals surface area contributed by atoms with Gasteiger partial charge in [-0.3, -0.25) is 24.1 Å². The van der Waals surface area contributed by atoms with Crippen molar-refractivity contribution in [2.45, 2.75) is 44.8 Å². The van der Waals surface area contributed by atoms with Gasteiger partial charge in [0, 0.05) is 42.5 Å². The van der Waals surface area contributed by atoms with E-state index in [2.05, 4.69) is 15.5 Å². The first-order valence-corrected chi connectivity index (χ1v) is 15.7. The molecule has 1 fully saturated rings. The molecule has 17 heteroatoms. The first kappa shape index (κ1) is 31.9. The zero-order valence-corrected chi connectivity index (χ0v) is 26.2. The van der Waals surface area contributed by atoms with E-state index < -0.39 is 41.1 Å². The topological polar surface area (TPSA) is 203 Å². The van der Waals surface area contributed by atoms with Gasteiger partial charge in [-0.15, -0.1) is 23.1 Å². The highest BCUT2D eigenvalue weighted by Gasteiger charge is 2.53. The van der Waals surface area contributed by atoms with Gasteiger partial charge in [-0.05, 0) is 17.7 Å². The predicted molar refractivity (Wildman–Crippen MR) is 159 cm³/mol. The van der Waals surface area contributed by atoms with Crippen LogP contribution in [-0.2, 0) is 48.4 Å². The van der Waals surface area contributed by atoms with Gasteiger partial charge in [0.25, 0.3) is 11.8 Å². The summed E-state index contributed by atoms with van der Waals surface area (Å²) in [6.45, 7) is 3.92. The predicted octanol–water partition coefficient (Wildman–Crippen LogP) is -0.315. The van der Waals surface area contributed by atoms with E-state index in [-0.39, 0.29) is 23.8 Å². The zero-order valence-electron chi connectivity index (χ0n) is 24.6. The molecule has 3 atom stereocenters. The number of hydrogen-bond donors (Lipinski definition) is 2. The third kappa shape index (κ3) is 7.10. The van der Waals surface area contributed by atoms with Crippen molar-refractivity contribution < 1.29 is 47.9 Å². The fourth-order valence-corrected chi connectivity index (χ4v) is 7.41. The van der Waals surface area contributed by atoms with Gasteiger partial charge in [-0.2, -0.15) is 0 Å². The van der Waals surface area contributed by atoms with Crippen LogP contribution < -0.4 is 25.6 Å². The SMILES string of the molecule is CC(=O)Oc1cc2c(cc1OC(C)=O)C[N+](C)(CC1=C(C(=O)[O-])N3C(=O)C(NC(=O)/C=N\OCc4csc(N)n4)[C@H]3SC1)CC2. The molecule has 238 valence electrons. The van der Waals surface area contributed by atoms with Crippen LogP contribution in [-0.4, -0.2) is 87.6 Å². The summed E-state index contributed by atoms with van der Waals surface area (Å²) in [6.07, 6.45) is 1.48. The molecule has 2 aromatic rings. The number of nitrogens with zero attached hydrogens (tertiary/aromatic N) is 4. The molecule has 3 aliphatic heterocycles. The number of nitrogen functional groups attached to an aromatic ring is 1. The number of oxime groups is 1. The number of hydrogen-bond acceptors (Lipinski definition) is 14. The third-order valence-electron chi connectivity index (χ3n) is 7.38. The summed E-state index contributed by atoms with van der Waals surface area (Å²) in [5.74, 6) is -3.25. The van der Waals surface area contributed by atoms with Crippen molar-refractivity contribution in [3.05, 3.63) is 45.6 Å². The maximum absolute atomic E-state index is 13.1. The minimum atomic E-state index is -1.47. The molecule has 1 aromatic carbocycles. The summed E-state index contributed by atoms with van der Waals surface area (Å²) >= 11 is 2.59. The second-order valence-corrected chi connectivity index (χ2v) is 13.0. The number of anilines is 1. The van der Waals surface area contributed by atoms with Gasteiger partial charge in [0.1, 0.15) is 30.7 Å². The number of ether oxygens (including phenoxy) is 2. The molecule has 5 rings (SSSR count). The summed E-state index contributed by atoms with van der Waals surface area (Å²) in [6, 6.07) is 2.41. The van der Waals surface area contributed by atoms with Gasteiger partial charge < -0.3 is 39.7 Å². The Morgan fingerprint density at radius 1 is 1.20 bits per heavy atom. The molecule has 0 aliphatic carbocycles. The highest BCUT2D eigenvalue weighted by molar-refractivity contribution is 8.00. The van der Waals surface area contributed by atoms with Gasteiger partial charge in [0.2, 0.25) is 0 Å². The highest BCUT2D eigenvalue weighted by Crippen LogP contribution is 2.42. The standard InChI is InChI=1S/C28H30N6O9S2/c1-14(35)42-20-6-16-4-5-34(3,9-17(16)7-21(20)43-15(2)36)10-18-12-44-26-23(25(38)33(26)24(18)27(39)40)32-22(37)8-30-41-11-19-13-45-28(29)31-19/h6-8,13,23,26H,4-5,9-12H2,1-3H3,(H3-,29,31,32,37,39,40)/b30-8-/t23?,26-,34?/m1/s1. The molecule has 4 heterocycles. The average molecular weight is 659 g/mol. The molecule has 15 nitrogen and oxygen atoms in total. The molecule has 0 radical (unpaired) electrons. The number of carbonyl (C=O) groups excluding carboxylic acids is 5. The molecule has 1 saturated heterocycles. The van der Waals surface area contributed by atoms with Gasteiger partial charge in [0.15, 0.2) is 23.2 Å². The lowest BCUT2D eigenvalue weighted by atomic mass is 9.96. The molecule has 1 aromatic heterocycles. The van der Waals surface area contributed by atoms with Gasteiger partial charge in [-0.1, -0.05) is 5.16 Å². The van der Waals surface area contributed by atoms with Crippen LogP contribution in [0.25, 0.3) is 0 Å². The first-order valence-electron chi connectivity index (χ1n) is 13.7. The number of likely N-dealkylation sites (N-methyl/N-ethyl adjacent to an activating group) is 1. The highest BCUT2D eigenvalue weighted by atomic mass is 32.2. The summed E-state index contributed by atoms with van der Waals surface area (Å²) in [5, 5.41) is 19.9. The average Bonchev–Trinajstić information content (AvgIpc) is 3.38. The Bertz CT molecular complexity index is 1640. The number of amides is 2.